The van der Waals surface area contributed by atoms with E-state index in [-0.39, 0.29) is 0 Å². The Kier molecular flexibility index (Phi) is 4.86. The molecule has 0 fully saturated rings. The van der Waals surface area contributed by atoms with Crippen LogP contribution in [0.5, 0.6) is 0 Å². The van der Waals surface area contributed by atoms with Crippen molar-refractivity contribution in [1.29, 1.82) is 0 Å². The molecule has 0 aliphatic carbocycles. The van der Waals surface area contributed by atoms with Crippen molar-refractivity contribution in [2.45, 2.75) is 0 Å². The zero-order valence-electron chi connectivity index (χ0n) is 13.4. The molecule has 0 bridgehead atoms. The van der Waals surface area contributed by atoms with Gasteiger partial charge in [-0.15, -0.1) is 0 Å². The topological polar surface area (TPSA) is 54.4 Å². The minimum absolute atomic E-state index is 0.524. The first-order valence-corrected chi connectivity index (χ1v) is 7.84. The van der Waals surface area contributed by atoms with E-state index in [0.717, 1.165) is 34.3 Å². The summed E-state index contributed by atoms with van der Waals surface area (Å²) in [5.74, 6) is -1.04. The lowest BCUT2D eigenvalue weighted by Gasteiger charge is -2.11. The summed E-state index contributed by atoms with van der Waals surface area (Å²) in [6.07, 6.45) is 5.30. The fourth-order valence-electron chi connectivity index (χ4n) is 2.80. The third-order valence-corrected chi connectivity index (χ3v) is 3.90. The van der Waals surface area contributed by atoms with E-state index in [0.29, 0.717) is 11.1 Å². The van der Waals surface area contributed by atoms with Crippen molar-refractivity contribution in [2.24, 2.45) is 0 Å². The van der Waals surface area contributed by atoms with E-state index in [2.05, 4.69) is 0 Å². The van der Waals surface area contributed by atoms with Gasteiger partial charge in [0.2, 0.25) is 0 Å². The Morgan fingerprint density at radius 3 is 2.28 bits per heavy atom. The van der Waals surface area contributed by atoms with Crippen molar-refractivity contribution in [3.63, 3.8) is 0 Å². The summed E-state index contributed by atoms with van der Waals surface area (Å²) in [4.78, 5) is 22.6. The number of hydrogen-bond acceptors (Lipinski definition) is 2. The highest BCUT2D eigenvalue weighted by molar-refractivity contribution is 6.07. The second-order valence-corrected chi connectivity index (χ2v) is 5.55. The molecule has 0 unspecified atom stereocenters. The number of benzene rings is 3. The van der Waals surface area contributed by atoms with Gasteiger partial charge < -0.3 is 5.11 Å². The van der Waals surface area contributed by atoms with Gasteiger partial charge in [-0.3, -0.25) is 4.79 Å². The standard InChI is InChI=1S/C22H16O3/c23-15-19-11-10-17-8-4-5-9-20(17)22(19)18(12-13-21(24)25)14-16-6-2-1-3-7-16/h1-15H,(H,24,25). The first kappa shape index (κ1) is 16.4. The number of fused-ring (bicyclic) bond motifs is 1. The molecular formula is C22H16O3. The Bertz CT molecular complexity index is 983. The van der Waals surface area contributed by atoms with Crippen molar-refractivity contribution < 1.29 is 14.7 Å². The summed E-state index contributed by atoms with van der Waals surface area (Å²) < 4.78 is 0. The Morgan fingerprint density at radius 2 is 1.56 bits per heavy atom. The lowest BCUT2D eigenvalue weighted by molar-refractivity contribution is -0.131. The third kappa shape index (κ3) is 3.72. The second-order valence-electron chi connectivity index (χ2n) is 5.55. The molecule has 0 spiro atoms. The maximum Gasteiger partial charge on any atom is 0.328 e. The molecule has 0 aromatic heterocycles. The predicted octanol–water partition coefficient (Wildman–Crippen LogP) is 4.83. The van der Waals surface area contributed by atoms with E-state index >= 15 is 0 Å². The molecule has 3 aromatic rings. The molecule has 0 heterocycles. The van der Waals surface area contributed by atoms with Crippen LogP contribution in [-0.2, 0) is 4.79 Å². The van der Waals surface area contributed by atoms with E-state index in [4.69, 9.17) is 5.11 Å². The molecule has 3 heteroatoms. The normalized spacial score (nSPS) is 11.8. The van der Waals surface area contributed by atoms with Crippen molar-refractivity contribution in [1.82, 2.24) is 0 Å². The van der Waals surface area contributed by atoms with E-state index in [1.165, 1.54) is 6.08 Å². The summed E-state index contributed by atoms with van der Waals surface area (Å²) >= 11 is 0. The number of rotatable bonds is 5. The van der Waals surface area contributed by atoms with Crippen LogP contribution in [0.2, 0.25) is 0 Å². The summed E-state index contributed by atoms with van der Waals surface area (Å²) in [7, 11) is 0. The molecule has 0 atom stereocenters. The van der Waals surface area contributed by atoms with Crippen LogP contribution >= 0.6 is 0 Å². The van der Waals surface area contributed by atoms with Crippen LogP contribution in [0, 0.1) is 0 Å². The van der Waals surface area contributed by atoms with Crippen LogP contribution in [-0.4, -0.2) is 17.4 Å². The minimum Gasteiger partial charge on any atom is -0.478 e. The van der Waals surface area contributed by atoms with Crippen LogP contribution in [0.15, 0.2) is 78.9 Å². The van der Waals surface area contributed by atoms with Gasteiger partial charge in [0, 0.05) is 17.2 Å². The first-order valence-electron chi connectivity index (χ1n) is 7.84. The second kappa shape index (κ2) is 7.41. The van der Waals surface area contributed by atoms with Crippen LogP contribution < -0.4 is 0 Å². The maximum atomic E-state index is 11.6. The van der Waals surface area contributed by atoms with E-state index < -0.39 is 5.97 Å². The molecule has 0 radical (unpaired) electrons. The summed E-state index contributed by atoms with van der Waals surface area (Å²) in [5, 5.41) is 10.9. The van der Waals surface area contributed by atoms with Crippen molar-refractivity contribution in [3.8, 4) is 0 Å². The Balaban J connectivity index is 2.29. The zero-order valence-corrected chi connectivity index (χ0v) is 13.4. The van der Waals surface area contributed by atoms with Crippen LogP contribution in [0.25, 0.3) is 22.4 Å². The Morgan fingerprint density at radius 1 is 0.840 bits per heavy atom. The molecule has 3 nitrogen and oxygen atoms in total. The highest BCUT2D eigenvalue weighted by Crippen LogP contribution is 2.30. The molecule has 25 heavy (non-hydrogen) atoms. The van der Waals surface area contributed by atoms with Crippen LogP contribution in [0.4, 0.5) is 0 Å². The van der Waals surface area contributed by atoms with Gasteiger partial charge in [-0.25, -0.2) is 4.79 Å². The van der Waals surface area contributed by atoms with Gasteiger partial charge in [0.1, 0.15) is 0 Å². The number of carboxylic acids is 1. The average Bonchev–Trinajstić information content (AvgIpc) is 2.65. The SMILES string of the molecule is O=Cc1ccc2ccccc2c1C(C=CC(=O)O)=Cc1ccccc1. The fourth-order valence-corrected chi connectivity index (χ4v) is 2.80. The molecule has 3 aromatic carbocycles. The van der Waals surface area contributed by atoms with E-state index in [9.17, 15) is 9.59 Å². The van der Waals surface area contributed by atoms with Gasteiger partial charge in [0.05, 0.1) is 0 Å². The molecule has 0 saturated carbocycles. The Labute approximate surface area is 145 Å². The smallest absolute Gasteiger partial charge is 0.328 e. The number of allylic oxidation sites excluding steroid dienone is 2. The number of carbonyl (C=O) groups excluding carboxylic acids is 1. The van der Waals surface area contributed by atoms with Crippen molar-refractivity contribution in [3.05, 3.63) is 95.6 Å². The lowest BCUT2D eigenvalue weighted by atomic mass is 9.92. The molecule has 0 saturated heterocycles. The molecule has 0 aliphatic rings. The number of carbonyl (C=O) groups is 2. The average molecular weight is 328 g/mol. The first-order chi connectivity index (χ1) is 12.2. The maximum absolute atomic E-state index is 11.6. The molecule has 122 valence electrons. The zero-order chi connectivity index (χ0) is 17.6. The van der Waals surface area contributed by atoms with Gasteiger partial charge in [0.25, 0.3) is 0 Å². The van der Waals surface area contributed by atoms with Crippen LogP contribution in [0.1, 0.15) is 21.5 Å². The quantitative estimate of drug-likeness (QED) is 0.316. The van der Waals surface area contributed by atoms with E-state index in [1.807, 2.05) is 66.7 Å². The fraction of sp³-hybridized carbons (Fsp3) is 0. The summed E-state index contributed by atoms with van der Waals surface area (Å²) in [5.41, 5.74) is 2.86. The summed E-state index contributed by atoms with van der Waals surface area (Å²) in [6, 6.07) is 21.0. The molecule has 0 amide bonds. The van der Waals surface area contributed by atoms with Crippen LogP contribution in [0.3, 0.4) is 0 Å². The molecule has 3 rings (SSSR count). The van der Waals surface area contributed by atoms with Gasteiger partial charge in [-0.05, 0) is 34.1 Å². The monoisotopic (exact) mass is 328 g/mol. The van der Waals surface area contributed by atoms with Crippen molar-refractivity contribution >= 4 is 34.7 Å². The summed E-state index contributed by atoms with van der Waals surface area (Å²) in [6.45, 7) is 0. The number of hydrogen-bond donors (Lipinski definition) is 1. The third-order valence-electron chi connectivity index (χ3n) is 3.90. The van der Waals surface area contributed by atoms with Gasteiger partial charge in [-0.2, -0.15) is 0 Å². The number of aldehydes is 1. The van der Waals surface area contributed by atoms with Gasteiger partial charge >= 0.3 is 5.97 Å². The minimum atomic E-state index is -1.04. The highest BCUT2D eigenvalue weighted by Gasteiger charge is 2.11. The van der Waals surface area contributed by atoms with Crippen molar-refractivity contribution in [2.75, 3.05) is 0 Å². The highest BCUT2D eigenvalue weighted by atomic mass is 16.4. The predicted molar refractivity (Wildman–Crippen MR) is 100 cm³/mol. The Hall–Kier alpha value is -3.46. The largest absolute Gasteiger partial charge is 0.478 e. The molecular weight excluding hydrogens is 312 g/mol. The van der Waals surface area contributed by atoms with Gasteiger partial charge in [-0.1, -0.05) is 66.7 Å². The number of carboxylic acid groups (broad SMARTS) is 1. The lowest BCUT2D eigenvalue weighted by Crippen LogP contribution is -1.95. The van der Waals surface area contributed by atoms with Gasteiger partial charge in [0.15, 0.2) is 6.29 Å². The number of aliphatic carboxylic acids is 1. The molecule has 1 N–H and O–H groups in total. The van der Waals surface area contributed by atoms with E-state index in [1.54, 1.807) is 6.07 Å². The molecule has 0 aliphatic heterocycles.